The van der Waals surface area contributed by atoms with Crippen molar-refractivity contribution in [3.8, 4) is 0 Å². The topological polar surface area (TPSA) is 37.4 Å². The molecular weight excluding hydrogens is 166 g/mol. The Morgan fingerprint density at radius 1 is 1.08 bits per heavy atom. The molecule has 0 saturated carbocycles. The molecule has 2 rings (SSSR count). The number of likely N-dealkylation sites (tertiary alicyclic amines) is 1. The maximum absolute atomic E-state index is 11.3. The molecule has 1 unspecified atom stereocenters. The van der Waals surface area contributed by atoms with Crippen molar-refractivity contribution in [2.45, 2.75) is 18.9 Å². The summed E-state index contributed by atoms with van der Waals surface area (Å²) in [5, 5.41) is 0. The summed E-state index contributed by atoms with van der Waals surface area (Å²) in [6.07, 6.45) is 10.00. The van der Waals surface area contributed by atoms with E-state index < -0.39 is 0 Å². The van der Waals surface area contributed by atoms with E-state index in [0.29, 0.717) is 12.8 Å². The highest BCUT2D eigenvalue weighted by molar-refractivity contribution is 6.02. The number of carbonyl (C=O) groups is 2. The van der Waals surface area contributed by atoms with Crippen LogP contribution in [0.4, 0.5) is 0 Å². The lowest BCUT2D eigenvalue weighted by Crippen LogP contribution is -2.38. The second-order valence-electron chi connectivity index (χ2n) is 3.11. The van der Waals surface area contributed by atoms with E-state index in [1.165, 1.54) is 4.90 Å². The fraction of sp³-hybridized carbons (Fsp3) is 0.300. The standard InChI is InChI=1S/C10H10NO2/c12-9-6-7-10(13)11(9)8-4-2-1-3-5-8/h1-5,8H,6-7H2. The molecule has 1 radical (unpaired) electrons. The van der Waals surface area contributed by atoms with E-state index in [1.54, 1.807) is 0 Å². The molecule has 0 aromatic rings. The van der Waals surface area contributed by atoms with Crippen LogP contribution in [0.2, 0.25) is 0 Å². The zero-order chi connectivity index (χ0) is 9.26. The Morgan fingerprint density at radius 2 is 1.77 bits per heavy atom. The quantitative estimate of drug-likeness (QED) is 0.555. The highest BCUT2D eigenvalue weighted by Crippen LogP contribution is 2.19. The van der Waals surface area contributed by atoms with Gasteiger partial charge in [0.15, 0.2) is 0 Å². The zero-order valence-electron chi connectivity index (χ0n) is 7.14. The highest BCUT2D eigenvalue weighted by Gasteiger charge is 2.33. The Balaban J connectivity index is 2.15. The van der Waals surface area contributed by atoms with Crippen molar-refractivity contribution in [3.63, 3.8) is 0 Å². The van der Waals surface area contributed by atoms with Gasteiger partial charge in [0.2, 0.25) is 11.8 Å². The SMILES string of the molecule is O=C1CCC(=O)N1C1[CH]C=CC=C1. The van der Waals surface area contributed by atoms with Gasteiger partial charge in [-0.15, -0.1) is 0 Å². The summed E-state index contributed by atoms with van der Waals surface area (Å²) in [4.78, 5) is 24.0. The van der Waals surface area contributed by atoms with Gasteiger partial charge in [0.05, 0.1) is 6.04 Å². The van der Waals surface area contributed by atoms with Gasteiger partial charge in [0, 0.05) is 19.3 Å². The zero-order valence-corrected chi connectivity index (χ0v) is 7.14. The predicted octanol–water partition coefficient (Wildman–Crippen LogP) is 0.834. The molecule has 0 bridgehead atoms. The van der Waals surface area contributed by atoms with Crippen LogP contribution in [0.15, 0.2) is 24.3 Å². The van der Waals surface area contributed by atoms with Gasteiger partial charge in [-0.3, -0.25) is 14.5 Å². The van der Waals surface area contributed by atoms with E-state index in [-0.39, 0.29) is 17.9 Å². The molecule has 1 atom stereocenters. The average Bonchev–Trinajstić information content (AvgIpc) is 2.48. The Hall–Kier alpha value is -1.38. The molecule has 0 aromatic heterocycles. The van der Waals surface area contributed by atoms with Crippen LogP contribution in [0, 0.1) is 6.42 Å². The monoisotopic (exact) mass is 176 g/mol. The summed E-state index contributed by atoms with van der Waals surface area (Å²) in [6, 6.07) is -0.160. The van der Waals surface area contributed by atoms with Crippen molar-refractivity contribution in [2.24, 2.45) is 0 Å². The normalized spacial score (nSPS) is 27.4. The van der Waals surface area contributed by atoms with E-state index in [1.807, 2.05) is 30.7 Å². The Kier molecular flexibility index (Phi) is 2.00. The molecular formula is C10H10NO2. The number of carbonyl (C=O) groups excluding carboxylic acids is 2. The van der Waals surface area contributed by atoms with Gasteiger partial charge < -0.3 is 0 Å². The van der Waals surface area contributed by atoms with E-state index in [9.17, 15) is 9.59 Å². The van der Waals surface area contributed by atoms with Crippen molar-refractivity contribution in [1.29, 1.82) is 0 Å². The van der Waals surface area contributed by atoms with E-state index in [4.69, 9.17) is 0 Å². The second kappa shape index (κ2) is 3.17. The summed E-state index contributed by atoms with van der Waals surface area (Å²) in [7, 11) is 0. The van der Waals surface area contributed by atoms with Gasteiger partial charge >= 0.3 is 0 Å². The van der Waals surface area contributed by atoms with Gasteiger partial charge in [-0.25, -0.2) is 0 Å². The molecule has 1 fully saturated rings. The lowest BCUT2D eigenvalue weighted by Gasteiger charge is -2.23. The minimum atomic E-state index is -0.160. The lowest BCUT2D eigenvalue weighted by molar-refractivity contribution is -0.139. The molecule has 0 aromatic carbocycles. The Bertz CT molecular complexity index is 288. The van der Waals surface area contributed by atoms with E-state index in [0.717, 1.165) is 0 Å². The first-order valence-corrected chi connectivity index (χ1v) is 4.32. The number of imide groups is 1. The van der Waals surface area contributed by atoms with Crippen LogP contribution in [0.1, 0.15) is 12.8 Å². The summed E-state index contributed by atoms with van der Waals surface area (Å²) in [6.45, 7) is 0. The lowest BCUT2D eigenvalue weighted by atomic mass is 10.1. The van der Waals surface area contributed by atoms with Crippen LogP contribution >= 0.6 is 0 Å². The van der Waals surface area contributed by atoms with Crippen molar-refractivity contribution in [2.75, 3.05) is 0 Å². The molecule has 3 heteroatoms. The maximum Gasteiger partial charge on any atom is 0.230 e. The number of allylic oxidation sites excluding steroid dienone is 2. The Labute approximate surface area is 76.7 Å². The van der Waals surface area contributed by atoms with Crippen LogP contribution in [0.3, 0.4) is 0 Å². The van der Waals surface area contributed by atoms with Crippen LogP contribution in [-0.4, -0.2) is 22.8 Å². The fourth-order valence-corrected chi connectivity index (χ4v) is 1.58. The third kappa shape index (κ3) is 1.41. The highest BCUT2D eigenvalue weighted by atomic mass is 16.2. The van der Waals surface area contributed by atoms with Gasteiger partial charge in [-0.05, 0) is 0 Å². The number of hydrogen-bond donors (Lipinski definition) is 0. The third-order valence-electron chi connectivity index (χ3n) is 2.23. The average molecular weight is 176 g/mol. The summed E-state index contributed by atoms with van der Waals surface area (Å²) < 4.78 is 0. The van der Waals surface area contributed by atoms with Crippen molar-refractivity contribution in [3.05, 3.63) is 30.7 Å². The van der Waals surface area contributed by atoms with Crippen LogP contribution in [0.25, 0.3) is 0 Å². The molecule has 1 saturated heterocycles. The summed E-state index contributed by atoms with van der Waals surface area (Å²) in [5.74, 6) is -0.127. The molecule has 2 amide bonds. The van der Waals surface area contributed by atoms with Gasteiger partial charge in [-0.2, -0.15) is 0 Å². The van der Waals surface area contributed by atoms with Gasteiger partial charge in [0.25, 0.3) is 0 Å². The number of hydrogen-bond acceptors (Lipinski definition) is 2. The Morgan fingerprint density at radius 3 is 2.31 bits per heavy atom. The molecule has 1 heterocycles. The minimum absolute atomic E-state index is 0.0637. The predicted molar refractivity (Wildman–Crippen MR) is 47.5 cm³/mol. The molecule has 2 aliphatic rings. The smallest absolute Gasteiger partial charge is 0.230 e. The van der Waals surface area contributed by atoms with Crippen molar-refractivity contribution < 1.29 is 9.59 Å². The van der Waals surface area contributed by atoms with Crippen LogP contribution in [-0.2, 0) is 9.59 Å². The van der Waals surface area contributed by atoms with Crippen LogP contribution < -0.4 is 0 Å². The first-order chi connectivity index (χ1) is 6.29. The molecule has 67 valence electrons. The fourth-order valence-electron chi connectivity index (χ4n) is 1.58. The van der Waals surface area contributed by atoms with Crippen molar-refractivity contribution >= 4 is 11.8 Å². The van der Waals surface area contributed by atoms with E-state index >= 15 is 0 Å². The number of nitrogens with zero attached hydrogens (tertiary/aromatic N) is 1. The summed E-state index contributed by atoms with van der Waals surface area (Å²) in [5.41, 5.74) is 0. The first-order valence-electron chi connectivity index (χ1n) is 4.32. The second-order valence-corrected chi connectivity index (χ2v) is 3.11. The van der Waals surface area contributed by atoms with Gasteiger partial charge in [-0.1, -0.05) is 24.3 Å². The largest absolute Gasteiger partial charge is 0.275 e. The molecule has 13 heavy (non-hydrogen) atoms. The molecule has 0 spiro atoms. The molecule has 1 aliphatic heterocycles. The maximum atomic E-state index is 11.3. The van der Waals surface area contributed by atoms with Gasteiger partial charge in [0.1, 0.15) is 0 Å². The van der Waals surface area contributed by atoms with Crippen LogP contribution in [0.5, 0.6) is 0 Å². The molecule has 0 N–H and O–H groups in total. The number of rotatable bonds is 1. The number of amides is 2. The third-order valence-corrected chi connectivity index (χ3v) is 2.23. The minimum Gasteiger partial charge on any atom is -0.275 e. The molecule has 3 nitrogen and oxygen atoms in total. The first kappa shape index (κ1) is 8.23. The molecule has 1 aliphatic carbocycles. The van der Waals surface area contributed by atoms with Crippen molar-refractivity contribution in [1.82, 2.24) is 4.90 Å². The van der Waals surface area contributed by atoms with E-state index in [2.05, 4.69) is 0 Å². The summed E-state index contributed by atoms with van der Waals surface area (Å²) >= 11 is 0.